The highest BCUT2D eigenvalue weighted by Gasteiger charge is 2.04. The van der Waals surface area contributed by atoms with Crippen LogP contribution in [0.25, 0.3) is 0 Å². The average Bonchev–Trinajstić information content (AvgIpc) is 2.59. The number of allylic oxidation sites excluding steroid dienone is 1. The number of nitrogens with zero attached hydrogens (tertiary/aromatic N) is 1. The van der Waals surface area contributed by atoms with Crippen LogP contribution in [-0.2, 0) is 0 Å². The first-order chi connectivity index (χ1) is 11.4. The lowest BCUT2D eigenvalue weighted by molar-refractivity contribution is 0.527. The summed E-state index contributed by atoms with van der Waals surface area (Å²) in [5.41, 5.74) is 0. The van der Waals surface area contributed by atoms with E-state index in [1.807, 2.05) is 0 Å². The molecular weight excluding hydrogens is 280 g/mol. The van der Waals surface area contributed by atoms with Crippen molar-refractivity contribution < 1.29 is 0 Å². The Morgan fingerprint density at radius 1 is 0.870 bits per heavy atom. The van der Waals surface area contributed by atoms with Gasteiger partial charge in [-0.1, -0.05) is 89.7 Å². The molecule has 0 aromatic heterocycles. The van der Waals surface area contributed by atoms with E-state index in [2.05, 4.69) is 35.6 Å². The van der Waals surface area contributed by atoms with Crippen molar-refractivity contribution in [1.29, 1.82) is 0 Å². The van der Waals surface area contributed by atoms with Gasteiger partial charge >= 0.3 is 0 Å². The van der Waals surface area contributed by atoms with Crippen LogP contribution in [0.15, 0.2) is 17.1 Å². The molecule has 1 atom stereocenters. The molecule has 0 fully saturated rings. The summed E-state index contributed by atoms with van der Waals surface area (Å²) in [4.78, 5) is 4.45. The molecular formula is C21H40N2. The van der Waals surface area contributed by atoms with Crippen LogP contribution in [0.3, 0.4) is 0 Å². The van der Waals surface area contributed by atoms with Crippen molar-refractivity contribution in [2.24, 2.45) is 4.99 Å². The molecule has 0 amide bonds. The van der Waals surface area contributed by atoms with Crippen molar-refractivity contribution in [3.8, 4) is 0 Å². The highest BCUT2D eigenvalue weighted by molar-refractivity contribution is 5.58. The topological polar surface area (TPSA) is 24.4 Å². The SMILES string of the molecule is CCCCCCCCCCCCCCC=CCC1N=CCCN1. The van der Waals surface area contributed by atoms with Gasteiger partial charge in [0.2, 0.25) is 0 Å². The molecule has 0 spiro atoms. The highest BCUT2D eigenvalue weighted by atomic mass is 15.1. The zero-order valence-corrected chi connectivity index (χ0v) is 15.6. The summed E-state index contributed by atoms with van der Waals surface area (Å²) in [7, 11) is 0. The van der Waals surface area contributed by atoms with Crippen molar-refractivity contribution in [2.45, 2.75) is 109 Å². The molecule has 1 aliphatic heterocycles. The van der Waals surface area contributed by atoms with Gasteiger partial charge in [0.15, 0.2) is 0 Å². The smallest absolute Gasteiger partial charge is 0.102 e. The molecule has 1 unspecified atom stereocenters. The van der Waals surface area contributed by atoms with Crippen molar-refractivity contribution >= 4 is 6.21 Å². The van der Waals surface area contributed by atoms with E-state index in [1.165, 1.54) is 83.5 Å². The molecule has 134 valence electrons. The summed E-state index contributed by atoms with van der Waals surface area (Å²) >= 11 is 0. The zero-order chi connectivity index (χ0) is 16.4. The normalized spacial score (nSPS) is 18.0. The summed E-state index contributed by atoms with van der Waals surface area (Å²) in [6.07, 6.45) is 27.6. The maximum Gasteiger partial charge on any atom is 0.102 e. The minimum Gasteiger partial charge on any atom is -0.295 e. The molecule has 0 radical (unpaired) electrons. The van der Waals surface area contributed by atoms with Gasteiger partial charge in [-0.15, -0.1) is 0 Å². The number of nitrogens with one attached hydrogen (secondary N) is 1. The Labute approximate surface area is 145 Å². The summed E-state index contributed by atoms with van der Waals surface area (Å²) < 4.78 is 0. The molecule has 1 aliphatic rings. The Hall–Kier alpha value is -0.630. The van der Waals surface area contributed by atoms with Crippen LogP contribution >= 0.6 is 0 Å². The summed E-state index contributed by atoms with van der Waals surface area (Å²) in [6, 6.07) is 0. The largest absolute Gasteiger partial charge is 0.295 e. The number of unbranched alkanes of at least 4 members (excludes halogenated alkanes) is 12. The third kappa shape index (κ3) is 13.5. The second-order valence-electron chi connectivity index (χ2n) is 6.98. The molecule has 1 N–H and O–H groups in total. The van der Waals surface area contributed by atoms with Crippen LogP contribution in [0, 0.1) is 0 Å². The molecule has 0 aromatic rings. The van der Waals surface area contributed by atoms with Crippen LogP contribution < -0.4 is 5.32 Å². The van der Waals surface area contributed by atoms with E-state index in [1.54, 1.807) is 0 Å². The number of rotatable bonds is 15. The van der Waals surface area contributed by atoms with Gasteiger partial charge in [0.05, 0.1) is 0 Å². The quantitative estimate of drug-likeness (QED) is 0.273. The van der Waals surface area contributed by atoms with Crippen LogP contribution in [-0.4, -0.2) is 18.9 Å². The first kappa shape index (κ1) is 20.4. The molecule has 23 heavy (non-hydrogen) atoms. The maximum absolute atomic E-state index is 4.45. The van der Waals surface area contributed by atoms with Gasteiger partial charge in [0.25, 0.3) is 0 Å². The molecule has 0 bridgehead atoms. The van der Waals surface area contributed by atoms with Crippen LogP contribution in [0.1, 0.15) is 103 Å². The standard InChI is InChI=1S/C21H40N2/c1-2-3-4-5-6-7-8-9-10-11-12-13-14-15-16-18-21-22-19-17-20-23-21/h15-16,19,21,23H,2-14,17-18,20H2,1H3. The van der Waals surface area contributed by atoms with Gasteiger partial charge < -0.3 is 0 Å². The van der Waals surface area contributed by atoms with E-state index in [0.29, 0.717) is 6.17 Å². The molecule has 2 heteroatoms. The monoisotopic (exact) mass is 320 g/mol. The number of hydrogen-bond donors (Lipinski definition) is 1. The predicted octanol–water partition coefficient (Wildman–Crippen LogP) is 6.41. The van der Waals surface area contributed by atoms with Crippen LogP contribution in [0.4, 0.5) is 0 Å². The van der Waals surface area contributed by atoms with Crippen molar-refractivity contribution in [3.05, 3.63) is 12.2 Å². The zero-order valence-electron chi connectivity index (χ0n) is 15.6. The molecule has 0 aromatic carbocycles. The second kappa shape index (κ2) is 16.2. The first-order valence-electron chi connectivity index (χ1n) is 10.3. The van der Waals surface area contributed by atoms with Gasteiger partial charge in [0.1, 0.15) is 6.17 Å². The van der Waals surface area contributed by atoms with E-state index in [9.17, 15) is 0 Å². The summed E-state index contributed by atoms with van der Waals surface area (Å²) in [5, 5.41) is 3.42. The Morgan fingerprint density at radius 2 is 1.48 bits per heavy atom. The lowest BCUT2D eigenvalue weighted by atomic mass is 10.0. The Kier molecular flexibility index (Phi) is 14.4. The molecule has 0 aliphatic carbocycles. The van der Waals surface area contributed by atoms with Gasteiger partial charge in [-0.25, -0.2) is 0 Å². The van der Waals surface area contributed by atoms with Gasteiger partial charge in [-0.05, 0) is 19.3 Å². The summed E-state index contributed by atoms with van der Waals surface area (Å²) in [5.74, 6) is 0. The third-order valence-corrected chi connectivity index (χ3v) is 4.69. The second-order valence-corrected chi connectivity index (χ2v) is 6.98. The molecule has 1 rings (SSSR count). The van der Waals surface area contributed by atoms with E-state index < -0.39 is 0 Å². The maximum atomic E-state index is 4.45. The highest BCUT2D eigenvalue weighted by Crippen LogP contribution is 2.12. The van der Waals surface area contributed by atoms with Gasteiger partial charge in [-0.3, -0.25) is 10.3 Å². The van der Waals surface area contributed by atoms with E-state index in [0.717, 1.165) is 19.4 Å². The van der Waals surface area contributed by atoms with E-state index in [4.69, 9.17) is 0 Å². The summed E-state index contributed by atoms with van der Waals surface area (Å²) in [6.45, 7) is 3.37. The molecule has 2 nitrogen and oxygen atoms in total. The van der Waals surface area contributed by atoms with Crippen LogP contribution in [0.5, 0.6) is 0 Å². The van der Waals surface area contributed by atoms with Crippen molar-refractivity contribution in [2.75, 3.05) is 6.54 Å². The Bertz CT molecular complexity index is 296. The minimum absolute atomic E-state index is 0.335. The lowest BCUT2D eigenvalue weighted by Crippen LogP contribution is -2.31. The minimum atomic E-state index is 0.335. The fourth-order valence-electron chi connectivity index (χ4n) is 3.16. The molecule has 0 saturated carbocycles. The fourth-order valence-corrected chi connectivity index (χ4v) is 3.16. The molecule has 1 heterocycles. The number of aliphatic imine (C=N–C) groups is 1. The Morgan fingerprint density at radius 3 is 2.04 bits per heavy atom. The average molecular weight is 321 g/mol. The fraction of sp³-hybridized carbons (Fsp3) is 0.857. The third-order valence-electron chi connectivity index (χ3n) is 4.69. The van der Waals surface area contributed by atoms with Gasteiger partial charge in [0, 0.05) is 19.2 Å². The van der Waals surface area contributed by atoms with Gasteiger partial charge in [-0.2, -0.15) is 0 Å². The van der Waals surface area contributed by atoms with Crippen molar-refractivity contribution in [1.82, 2.24) is 5.32 Å². The van der Waals surface area contributed by atoms with E-state index >= 15 is 0 Å². The van der Waals surface area contributed by atoms with Crippen molar-refractivity contribution in [3.63, 3.8) is 0 Å². The van der Waals surface area contributed by atoms with Crippen LogP contribution in [0.2, 0.25) is 0 Å². The number of hydrogen-bond acceptors (Lipinski definition) is 2. The lowest BCUT2D eigenvalue weighted by Gasteiger charge is -2.15. The molecule has 0 saturated heterocycles. The predicted molar refractivity (Wildman–Crippen MR) is 104 cm³/mol. The first-order valence-corrected chi connectivity index (χ1v) is 10.3. The Balaban J connectivity index is 1.74. The van der Waals surface area contributed by atoms with E-state index in [-0.39, 0.29) is 0 Å².